The summed E-state index contributed by atoms with van der Waals surface area (Å²) in [7, 11) is 0. The van der Waals surface area contributed by atoms with Crippen molar-refractivity contribution in [3.8, 4) is 5.69 Å². The summed E-state index contributed by atoms with van der Waals surface area (Å²) < 4.78 is 3.34. The standard InChI is InChI=1S/C17H18BrN3/c1-10(2)17-20-15-9-12(19)4-7-16(15)21(17)13-5-6-14(18)11(3)8-13/h4-10H,19H2,1-3H3. The Bertz CT molecular complexity index is 818. The predicted octanol–water partition coefficient (Wildman–Crippen LogP) is 4.80. The van der Waals surface area contributed by atoms with E-state index in [0.717, 1.165) is 32.7 Å². The average Bonchev–Trinajstić information content (AvgIpc) is 2.80. The molecule has 0 saturated heterocycles. The van der Waals surface area contributed by atoms with E-state index in [0.29, 0.717) is 5.92 Å². The van der Waals surface area contributed by atoms with E-state index >= 15 is 0 Å². The summed E-state index contributed by atoms with van der Waals surface area (Å²) >= 11 is 3.56. The Balaban J connectivity index is 2.33. The Hall–Kier alpha value is -1.81. The van der Waals surface area contributed by atoms with Gasteiger partial charge < -0.3 is 5.73 Å². The fourth-order valence-electron chi connectivity index (χ4n) is 2.54. The van der Waals surface area contributed by atoms with Crippen molar-refractivity contribution in [3.05, 3.63) is 52.3 Å². The first kappa shape index (κ1) is 14.1. The molecule has 0 atom stereocenters. The maximum atomic E-state index is 5.89. The molecule has 1 heterocycles. The van der Waals surface area contributed by atoms with Crippen molar-refractivity contribution in [1.82, 2.24) is 9.55 Å². The number of nitrogen functional groups attached to an aromatic ring is 1. The monoisotopic (exact) mass is 343 g/mol. The van der Waals surface area contributed by atoms with Gasteiger partial charge in [-0.2, -0.15) is 0 Å². The van der Waals surface area contributed by atoms with Crippen LogP contribution in [0.25, 0.3) is 16.7 Å². The van der Waals surface area contributed by atoms with Crippen molar-refractivity contribution in [1.29, 1.82) is 0 Å². The smallest absolute Gasteiger partial charge is 0.117 e. The van der Waals surface area contributed by atoms with E-state index in [1.54, 1.807) is 0 Å². The van der Waals surface area contributed by atoms with Gasteiger partial charge in [-0.15, -0.1) is 0 Å². The maximum Gasteiger partial charge on any atom is 0.117 e. The quantitative estimate of drug-likeness (QED) is 0.679. The molecule has 0 unspecified atom stereocenters. The Kier molecular flexibility index (Phi) is 3.49. The summed E-state index contributed by atoms with van der Waals surface area (Å²) in [5, 5.41) is 0. The van der Waals surface area contributed by atoms with E-state index in [1.165, 1.54) is 5.56 Å². The van der Waals surface area contributed by atoms with Gasteiger partial charge in [0.15, 0.2) is 0 Å². The summed E-state index contributed by atoms with van der Waals surface area (Å²) in [6.07, 6.45) is 0. The molecule has 3 nitrogen and oxygen atoms in total. The number of imidazole rings is 1. The fourth-order valence-corrected chi connectivity index (χ4v) is 2.79. The fraction of sp³-hybridized carbons (Fsp3) is 0.235. The van der Waals surface area contributed by atoms with Crippen LogP contribution >= 0.6 is 15.9 Å². The number of anilines is 1. The van der Waals surface area contributed by atoms with Crippen LogP contribution in [-0.4, -0.2) is 9.55 Å². The number of halogens is 1. The third-order valence-electron chi connectivity index (χ3n) is 3.62. The van der Waals surface area contributed by atoms with Crippen molar-refractivity contribution in [2.45, 2.75) is 26.7 Å². The van der Waals surface area contributed by atoms with Gasteiger partial charge in [-0.05, 0) is 48.9 Å². The molecule has 0 bridgehead atoms. The van der Waals surface area contributed by atoms with E-state index < -0.39 is 0 Å². The van der Waals surface area contributed by atoms with Crippen LogP contribution in [0.15, 0.2) is 40.9 Å². The van der Waals surface area contributed by atoms with Crippen molar-refractivity contribution in [2.75, 3.05) is 5.73 Å². The molecule has 3 rings (SSSR count). The van der Waals surface area contributed by atoms with Crippen molar-refractivity contribution in [2.24, 2.45) is 0 Å². The lowest BCUT2D eigenvalue weighted by Gasteiger charge is -2.13. The number of hydrogen-bond acceptors (Lipinski definition) is 2. The normalized spacial score (nSPS) is 11.5. The molecule has 0 saturated carbocycles. The van der Waals surface area contributed by atoms with Crippen molar-refractivity contribution < 1.29 is 0 Å². The van der Waals surface area contributed by atoms with Gasteiger partial charge in [-0.25, -0.2) is 4.98 Å². The molecule has 0 amide bonds. The van der Waals surface area contributed by atoms with E-state index in [-0.39, 0.29) is 0 Å². The van der Waals surface area contributed by atoms with Crippen LogP contribution in [0.4, 0.5) is 5.69 Å². The molecule has 0 aliphatic rings. The summed E-state index contributed by atoms with van der Waals surface area (Å²) in [5.41, 5.74) is 11.0. The molecule has 4 heteroatoms. The van der Waals surface area contributed by atoms with Crippen molar-refractivity contribution in [3.63, 3.8) is 0 Å². The SMILES string of the molecule is Cc1cc(-n2c(C(C)C)nc3cc(N)ccc32)ccc1Br. The van der Waals surface area contributed by atoms with Gasteiger partial charge in [0.25, 0.3) is 0 Å². The van der Waals surface area contributed by atoms with Crippen molar-refractivity contribution >= 4 is 32.7 Å². The maximum absolute atomic E-state index is 5.89. The van der Waals surface area contributed by atoms with Gasteiger partial charge >= 0.3 is 0 Å². The second-order valence-electron chi connectivity index (χ2n) is 5.64. The lowest BCUT2D eigenvalue weighted by atomic mass is 10.1. The molecule has 0 spiro atoms. The number of fused-ring (bicyclic) bond motifs is 1. The van der Waals surface area contributed by atoms with E-state index in [2.05, 4.69) is 59.5 Å². The van der Waals surface area contributed by atoms with E-state index in [9.17, 15) is 0 Å². The predicted molar refractivity (Wildman–Crippen MR) is 92.0 cm³/mol. The number of nitrogens with zero attached hydrogens (tertiary/aromatic N) is 2. The molecule has 0 radical (unpaired) electrons. The Morgan fingerprint density at radius 2 is 1.90 bits per heavy atom. The van der Waals surface area contributed by atoms with Crippen LogP contribution in [0.2, 0.25) is 0 Å². The molecule has 2 aromatic carbocycles. The zero-order valence-electron chi connectivity index (χ0n) is 12.4. The first-order chi connectivity index (χ1) is 9.97. The second kappa shape index (κ2) is 5.19. The van der Waals surface area contributed by atoms with Crippen LogP contribution in [0, 0.1) is 6.92 Å². The molecule has 0 aliphatic carbocycles. The summed E-state index contributed by atoms with van der Waals surface area (Å²) in [6, 6.07) is 12.3. The number of rotatable bonds is 2. The number of nitrogens with two attached hydrogens (primary N) is 1. The highest BCUT2D eigenvalue weighted by atomic mass is 79.9. The minimum absolute atomic E-state index is 0.336. The molecule has 0 fully saturated rings. The minimum Gasteiger partial charge on any atom is -0.399 e. The molecular weight excluding hydrogens is 326 g/mol. The van der Waals surface area contributed by atoms with Gasteiger partial charge in [0.2, 0.25) is 0 Å². The van der Waals surface area contributed by atoms with Crippen LogP contribution in [0.1, 0.15) is 31.2 Å². The van der Waals surface area contributed by atoms with Gasteiger partial charge in [0.05, 0.1) is 11.0 Å². The van der Waals surface area contributed by atoms with Crippen LogP contribution < -0.4 is 5.73 Å². The Morgan fingerprint density at radius 3 is 2.57 bits per heavy atom. The molecule has 108 valence electrons. The highest BCUT2D eigenvalue weighted by molar-refractivity contribution is 9.10. The van der Waals surface area contributed by atoms with E-state index in [4.69, 9.17) is 10.7 Å². The zero-order chi connectivity index (χ0) is 15.1. The highest BCUT2D eigenvalue weighted by Crippen LogP contribution is 2.29. The summed E-state index contributed by atoms with van der Waals surface area (Å²) in [6.45, 7) is 6.42. The second-order valence-corrected chi connectivity index (χ2v) is 6.50. The lowest BCUT2D eigenvalue weighted by Crippen LogP contribution is -2.03. The highest BCUT2D eigenvalue weighted by Gasteiger charge is 2.15. The largest absolute Gasteiger partial charge is 0.399 e. The number of aromatic nitrogens is 2. The minimum atomic E-state index is 0.336. The Morgan fingerprint density at radius 1 is 1.14 bits per heavy atom. The Labute approximate surface area is 132 Å². The summed E-state index contributed by atoms with van der Waals surface area (Å²) in [5.74, 6) is 1.39. The molecule has 2 N–H and O–H groups in total. The number of hydrogen-bond donors (Lipinski definition) is 1. The third kappa shape index (κ3) is 2.44. The summed E-state index contributed by atoms with van der Waals surface area (Å²) in [4.78, 5) is 4.77. The average molecular weight is 344 g/mol. The van der Waals surface area contributed by atoms with Crippen LogP contribution in [0.5, 0.6) is 0 Å². The molecule has 3 aromatic rings. The van der Waals surface area contributed by atoms with Gasteiger partial charge in [0.1, 0.15) is 5.82 Å². The van der Waals surface area contributed by atoms with Crippen LogP contribution in [0.3, 0.4) is 0 Å². The topological polar surface area (TPSA) is 43.8 Å². The van der Waals surface area contributed by atoms with Gasteiger partial charge in [0, 0.05) is 21.8 Å². The lowest BCUT2D eigenvalue weighted by molar-refractivity contribution is 0.759. The van der Waals surface area contributed by atoms with Gasteiger partial charge in [-0.3, -0.25) is 4.57 Å². The number of aryl methyl sites for hydroxylation is 1. The van der Waals surface area contributed by atoms with Gasteiger partial charge in [-0.1, -0.05) is 29.8 Å². The molecule has 21 heavy (non-hydrogen) atoms. The zero-order valence-corrected chi connectivity index (χ0v) is 14.0. The van der Waals surface area contributed by atoms with E-state index in [1.807, 2.05) is 18.2 Å². The van der Waals surface area contributed by atoms with Crippen LogP contribution in [-0.2, 0) is 0 Å². The number of benzene rings is 2. The molecule has 1 aromatic heterocycles. The first-order valence-corrected chi connectivity index (χ1v) is 7.81. The third-order valence-corrected chi connectivity index (χ3v) is 4.51. The molecular formula is C17H18BrN3. The molecule has 0 aliphatic heterocycles. The first-order valence-electron chi connectivity index (χ1n) is 7.02.